The third-order valence-electron chi connectivity index (χ3n) is 2.79. The first kappa shape index (κ1) is 11.9. The van der Waals surface area contributed by atoms with Crippen molar-refractivity contribution in [3.05, 3.63) is 0 Å². The molecule has 1 aliphatic rings. The van der Waals surface area contributed by atoms with Gasteiger partial charge in [-0.05, 0) is 25.9 Å². The monoisotopic (exact) mass is 220 g/mol. The van der Waals surface area contributed by atoms with Gasteiger partial charge < -0.3 is 10.6 Å². The summed E-state index contributed by atoms with van der Waals surface area (Å²) in [5.74, 6) is 0.541. The summed E-state index contributed by atoms with van der Waals surface area (Å²) >= 11 is 0. The zero-order chi connectivity index (χ0) is 10.6. The lowest BCUT2D eigenvalue weighted by Gasteiger charge is -2.29. The molecule has 0 saturated carbocycles. The molecule has 0 aromatic heterocycles. The molecule has 5 heteroatoms. The van der Waals surface area contributed by atoms with Gasteiger partial charge in [0.05, 0.1) is 5.75 Å². The minimum Gasteiger partial charge on any atom is -0.328 e. The smallest absolute Gasteiger partial charge is 0.151 e. The maximum absolute atomic E-state index is 11.3. The van der Waals surface area contributed by atoms with E-state index in [0.29, 0.717) is 18.3 Å². The lowest BCUT2D eigenvalue weighted by Crippen LogP contribution is -2.41. The van der Waals surface area contributed by atoms with Gasteiger partial charge in [-0.3, -0.25) is 0 Å². The molecule has 1 rings (SSSR count). The van der Waals surface area contributed by atoms with Gasteiger partial charge in [-0.1, -0.05) is 6.92 Å². The highest BCUT2D eigenvalue weighted by Crippen LogP contribution is 2.07. The third-order valence-corrected chi connectivity index (χ3v) is 4.47. The van der Waals surface area contributed by atoms with E-state index < -0.39 is 9.84 Å². The fourth-order valence-electron chi connectivity index (χ4n) is 1.59. The second kappa shape index (κ2) is 5.09. The third kappa shape index (κ3) is 3.94. The van der Waals surface area contributed by atoms with Crippen molar-refractivity contribution < 1.29 is 8.42 Å². The van der Waals surface area contributed by atoms with Crippen molar-refractivity contribution in [2.24, 2.45) is 5.73 Å². The predicted octanol–water partition coefficient (Wildman–Crippen LogP) is -0.156. The number of sulfone groups is 1. The van der Waals surface area contributed by atoms with Gasteiger partial charge in [0.1, 0.15) is 0 Å². The summed E-state index contributed by atoms with van der Waals surface area (Å²) in [7, 11) is -2.81. The summed E-state index contributed by atoms with van der Waals surface area (Å²) in [6, 6.07) is 0.314. The van der Waals surface area contributed by atoms with Crippen molar-refractivity contribution in [1.29, 1.82) is 0 Å². The van der Waals surface area contributed by atoms with Crippen LogP contribution in [0.4, 0.5) is 0 Å². The second-order valence-corrected chi connectivity index (χ2v) is 6.39. The first-order valence-corrected chi connectivity index (χ1v) is 7.04. The summed E-state index contributed by atoms with van der Waals surface area (Å²) < 4.78 is 22.5. The molecule has 1 heterocycles. The van der Waals surface area contributed by atoms with Crippen LogP contribution in [0.3, 0.4) is 0 Å². The zero-order valence-electron chi connectivity index (χ0n) is 8.78. The van der Waals surface area contributed by atoms with Crippen LogP contribution in [0.5, 0.6) is 0 Å². The fourth-order valence-corrected chi connectivity index (χ4v) is 2.41. The number of hydrogen-bond donors (Lipinski definition) is 1. The zero-order valence-corrected chi connectivity index (χ0v) is 9.59. The summed E-state index contributed by atoms with van der Waals surface area (Å²) in [4.78, 5) is 2.19. The van der Waals surface area contributed by atoms with Crippen LogP contribution in [0.25, 0.3) is 0 Å². The number of nitrogens with zero attached hydrogens (tertiary/aromatic N) is 1. The van der Waals surface area contributed by atoms with E-state index in [1.54, 1.807) is 6.92 Å². The van der Waals surface area contributed by atoms with Crippen LogP contribution >= 0.6 is 0 Å². The van der Waals surface area contributed by atoms with Gasteiger partial charge in [0.25, 0.3) is 0 Å². The van der Waals surface area contributed by atoms with E-state index >= 15 is 0 Å². The molecule has 0 atom stereocenters. The number of piperidine rings is 1. The maximum Gasteiger partial charge on any atom is 0.151 e. The summed E-state index contributed by atoms with van der Waals surface area (Å²) in [5.41, 5.74) is 5.76. The standard InChI is InChI=1S/C9H20N2O2S/c1-2-14(12,13)8-7-11-5-3-9(10)4-6-11/h9H,2-8,10H2,1H3. The SMILES string of the molecule is CCS(=O)(=O)CCN1CCC(N)CC1. The van der Waals surface area contributed by atoms with Gasteiger partial charge in [0, 0.05) is 18.3 Å². The molecule has 0 aromatic carbocycles. The maximum atomic E-state index is 11.3. The Balaban J connectivity index is 2.26. The van der Waals surface area contributed by atoms with Crippen LogP contribution in [-0.2, 0) is 9.84 Å². The fraction of sp³-hybridized carbons (Fsp3) is 1.00. The van der Waals surface area contributed by atoms with Crippen molar-refractivity contribution in [2.75, 3.05) is 31.1 Å². The van der Waals surface area contributed by atoms with Crippen molar-refractivity contribution in [1.82, 2.24) is 4.90 Å². The molecule has 14 heavy (non-hydrogen) atoms. The number of likely N-dealkylation sites (tertiary alicyclic amines) is 1. The molecule has 0 radical (unpaired) electrons. The molecule has 1 fully saturated rings. The molecule has 0 amide bonds. The Morgan fingerprint density at radius 1 is 1.36 bits per heavy atom. The molecule has 0 aliphatic carbocycles. The van der Waals surface area contributed by atoms with E-state index in [0.717, 1.165) is 25.9 Å². The molecule has 0 unspecified atom stereocenters. The molecular weight excluding hydrogens is 200 g/mol. The largest absolute Gasteiger partial charge is 0.328 e. The van der Waals surface area contributed by atoms with Crippen LogP contribution in [0.1, 0.15) is 19.8 Å². The Labute approximate surface area is 86.4 Å². The highest BCUT2D eigenvalue weighted by molar-refractivity contribution is 7.91. The van der Waals surface area contributed by atoms with Gasteiger partial charge in [0.15, 0.2) is 9.84 Å². The molecule has 1 saturated heterocycles. The van der Waals surface area contributed by atoms with Gasteiger partial charge in [-0.2, -0.15) is 0 Å². The molecule has 1 aliphatic heterocycles. The highest BCUT2D eigenvalue weighted by Gasteiger charge is 2.17. The van der Waals surface area contributed by atoms with Crippen LogP contribution < -0.4 is 5.73 Å². The average Bonchev–Trinajstić information content (AvgIpc) is 2.17. The second-order valence-electron chi connectivity index (χ2n) is 3.92. The topological polar surface area (TPSA) is 63.4 Å². The van der Waals surface area contributed by atoms with E-state index in [2.05, 4.69) is 4.90 Å². The van der Waals surface area contributed by atoms with Crippen LogP contribution in [-0.4, -0.2) is 50.5 Å². The molecule has 0 aromatic rings. The summed E-state index contributed by atoms with van der Waals surface area (Å²) in [6.07, 6.45) is 1.98. The number of rotatable bonds is 4. The number of nitrogens with two attached hydrogens (primary N) is 1. The quantitative estimate of drug-likeness (QED) is 0.715. The predicted molar refractivity (Wildman–Crippen MR) is 58.0 cm³/mol. The molecular formula is C9H20N2O2S. The number of hydrogen-bond acceptors (Lipinski definition) is 4. The first-order chi connectivity index (χ1) is 6.53. The first-order valence-electron chi connectivity index (χ1n) is 5.22. The minimum atomic E-state index is -2.81. The lowest BCUT2D eigenvalue weighted by atomic mass is 10.1. The van der Waals surface area contributed by atoms with Gasteiger partial charge in [0.2, 0.25) is 0 Å². The molecule has 0 bridgehead atoms. The molecule has 4 nitrogen and oxygen atoms in total. The normalized spacial score (nSPS) is 21.3. The van der Waals surface area contributed by atoms with Gasteiger partial charge >= 0.3 is 0 Å². The lowest BCUT2D eigenvalue weighted by molar-refractivity contribution is 0.224. The molecule has 84 valence electrons. The van der Waals surface area contributed by atoms with E-state index in [1.165, 1.54) is 0 Å². The van der Waals surface area contributed by atoms with Gasteiger partial charge in [-0.15, -0.1) is 0 Å². The van der Waals surface area contributed by atoms with Crippen molar-refractivity contribution in [2.45, 2.75) is 25.8 Å². The van der Waals surface area contributed by atoms with E-state index in [9.17, 15) is 8.42 Å². The molecule has 0 spiro atoms. The highest BCUT2D eigenvalue weighted by atomic mass is 32.2. The summed E-state index contributed by atoms with van der Waals surface area (Å²) in [6.45, 7) is 4.26. The van der Waals surface area contributed by atoms with Crippen LogP contribution in [0, 0.1) is 0 Å². The van der Waals surface area contributed by atoms with Crippen molar-refractivity contribution in [3.63, 3.8) is 0 Å². The van der Waals surface area contributed by atoms with Crippen molar-refractivity contribution >= 4 is 9.84 Å². The molecule has 2 N–H and O–H groups in total. The Hall–Kier alpha value is -0.130. The van der Waals surface area contributed by atoms with E-state index in [-0.39, 0.29) is 5.75 Å². The van der Waals surface area contributed by atoms with Gasteiger partial charge in [-0.25, -0.2) is 8.42 Å². The average molecular weight is 220 g/mol. The summed E-state index contributed by atoms with van der Waals surface area (Å²) in [5, 5.41) is 0. The van der Waals surface area contributed by atoms with Crippen LogP contribution in [0.15, 0.2) is 0 Å². The Kier molecular flexibility index (Phi) is 4.34. The minimum absolute atomic E-state index is 0.250. The Morgan fingerprint density at radius 3 is 2.43 bits per heavy atom. The van der Waals surface area contributed by atoms with Crippen LogP contribution in [0.2, 0.25) is 0 Å². The van der Waals surface area contributed by atoms with E-state index in [1.807, 2.05) is 0 Å². The van der Waals surface area contributed by atoms with Crippen molar-refractivity contribution in [3.8, 4) is 0 Å². The Bertz CT molecular complexity index is 256. The Morgan fingerprint density at radius 2 is 1.93 bits per heavy atom. The van der Waals surface area contributed by atoms with E-state index in [4.69, 9.17) is 5.73 Å².